The summed E-state index contributed by atoms with van der Waals surface area (Å²) in [6, 6.07) is 5.59. The molecule has 94 valence electrons. The van der Waals surface area contributed by atoms with Gasteiger partial charge >= 0.3 is 5.97 Å². The summed E-state index contributed by atoms with van der Waals surface area (Å²) < 4.78 is 28.8. The Balaban J connectivity index is 2.92. The van der Waals surface area contributed by atoms with E-state index in [0.29, 0.717) is 5.69 Å². The van der Waals surface area contributed by atoms with Gasteiger partial charge in [0.1, 0.15) is 5.75 Å². The Labute approximate surface area is 99.5 Å². The van der Waals surface area contributed by atoms with Crippen molar-refractivity contribution in [3.8, 4) is 5.75 Å². The van der Waals surface area contributed by atoms with E-state index in [0.717, 1.165) is 11.4 Å². The van der Waals surface area contributed by atoms with Crippen LogP contribution in [-0.4, -0.2) is 39.4 Å². The van der Waals surface area contributed by atoms with Crippen molar-refractivity contribution in [2.24, 2.45) is 0 Å². The Morgan fingerprint density at radius 1 is 1.35 bits per heavy atom. The lowest BCUT2D eigenvalue weighted by Crippen LogP contribution is -2.32. The summed E-state index contributed by atoms with van der Waals surface area (Å²) in [7, 11) is -1.31. The largest absolute Gasteiger partial charge is 0.508 e. The number of phenolic OH excluding ortho intramolecular Hbond substituents is 1. The fraction of sp³-hybridized carbons (Fsp3) is 0.300. The molecule has 0 spiro atoms. The van der Waals surface area contributed by atoms with E-state index in [1.165, 1.54) is 31.3 Å². The van der Waals surface area contributed by atoms with Gasteiger partial charge in [0.05, 0.1) is 12.8 Å². The maximum atomic E-state index is 11.7. The predicted molar refractivity (Wildman–Crippen MR) is 62.3 cm³/mol. The van der Waals surface area contributed by atoms with Crippen molar-refractivity contribution in [1.82, 2.24) is 0 Å². The first-order valence-corrected chi connectivity index (χ1v) is 6.30. The summed E-state index contributed by atoms with van der Waals surface area (Å²) in [6.07, 6.45) is 0. The topological polar surface area (TPSA) is 83.9 Å². The lowest BCUT2D eigenvalue weighted by molar-refractivity contribution is -0.137. The molecular formula is C10H13NO5S. The van der Waals surface area contributed by atoms with Gasteiger partial charge in [-0.05, 0) is 24.3 Å². The molecule has 17 heavy (non-hydrogen) atoms. The lowest BCUT2D eigenvalue weighted by atomic mass is 10.3. The maximum Gasteiger partial charge on any atom is 0.322 e. The van der Waals surface area contributed by atoms with Crippen LogP contribution in [0, 0.1) is 0 Å². The van der Waals surface area contributed by atoms with Crippen molar-refractivity contribution < 1.29 is 23.1 Å². The minimum Gasteiger partial charge on any atom is -0.508 e. The zero-order valence-electron chi connectivity index (χ0n) is 9.45. The Morgan fingerprint density at radius 2 is 1.88 bits per heavy atom. The first-order valence-electron chi connectivity index (χ1n) is 4.69. The molecule has 0 aliphatic heterocycles. The van der Waals surface area contributed by atoms with E-state index in [4.69, 9.17) is 5.11 Å². The number of benzene rings is 1. The van der Waals surface area contributed by atoms with E-state index >= 15 is 0 Å². The third-order valence-corrected chi connectivity index (χ3v) is 3.80. The van der Waals surface area contributed by atoms with Crippen LogP contribution in [0.4, 0.5) is 5.69 Å². The Hall–Kier alpha value is -1.76. The molecule has 0 amide bonds. The number of hydrogen-bond acceptors (Lipinski definition) is 5. The Bertz CT molecular complexity index is 494. The summed E-state index contributed by atoms with van der Waals surface area (Å²) in [5, 5.41) is 9.08. The van der Waals surface area contributed by atoms with Gasteiger partial charge in [0, 0.05) is 7.05 Å². The minimum atomic E-state index is -3.76. The molecule has 0 aliphatic rings. The molecule has 0 fully saturated rings. The van der Waals surface area contributed by atoms with E-state index < -0.39 is 21.7 Å². The summed E-state index contributed by atoms with van der Waals surface area (Å²) >= 11 is 0. The average Bonchev–Trinajstić information content (AvgIpc) is 2.28. The van der Waals surface area contributed by atoms with Crippen LogP contribution in [0.25, 0.3) is 0 Å². The summed E-state index contributed by atoms with van der Waals surface area (Å²) in [4.78, 5) is 10.9. The highest BCUT2D eigenvalue weighted by Crippen LogP contribution is 2.19. The zero-order valence-corrected chi connectivity index (χ0v) is 10.3. The van der Waals surface area contributed by atoms with Gasteiger partial charge in [-0.3, -0.25) is 9.10 Å². The second-order valence-corrected chi connectivity index (χ2v) is 5.32. The van der Waals surface area contributed by atoms with Crippen molar-refractivity contribution in [2.75, 3.05) is 24.2 Å². The highest BCUT2D eigenvalue weighted by atomic mass is 32.2. The monoisotopic (exact) mass is 259 g/mol. The Morgan fingerprint density at radius 3 is 2.35 bits per heavy atom. The number of hydrogen-bond donors (Lipinski definition) is 1. The molecule has 0 bridgehead atoms. The van der Waals surface area contributed by atoms with Crippen LogP contribution in [0.2, 0.25) is 0 Å². The number of phenols is 1. The van der Waals surface area contributed by atoms with Gasteiger partial charge < -0.3 is 9.84 Å². The van der Waals surface area contributed by atoms with Gasteiger partial charge in [0.2, 0.25) is 10.0 Å². The number of esters is 1. The fourth-order valence-corrected chi connectivity index (χ4v) is 2.18. The second-order valence-electron chi connectivity index (χ2n) is 3.32. The van der Waals surface area contributed by atoms with E-state index in [-0.39, 0.29) is 5.75 Å². The average molecular weight is 259 g/mol. The van der Waals surface area contributed by atoms with Crippen LogP contribution in [0.5, 0.6) is 5.75 Å². The van der Waals surface area contributed by atoms with Crippen molar-refractivity contribution >= 4 is 21.7 Å². The lowest BCUT2D eigenvalue weighted by Gasteiger charge is -2.18. The molecule has 0 saturated heterocycles. The number of carbonyl (C=O) groups excluding carboxylic acids is 1. The third kappa shape index (κ3) is 3.35. The summed E-state index contributed by atoms with van der Waals surface area (Å²) in [5.41, 5.74) is 0.353. The molecule has 1 N–H and O–H groups in total. The number of anilines is 1. The molecule has 0 radical (unpaired) electrons. The normalized spacial score (nSPS) is 10.9. The molecule has 6 nitrogen and oxygen atoms in total. The number of nitrogens with zero attached hydrogens (tertiary/aromatic N) is 1. The van der Waals surface area contributed by atoms with Crippen molar-refractivity contribution in [3.63, 3.8) is 0 Å². The fourth-order valence-electron chi connectivity index (χ4n) is 1.13. The number of rotatable bonds is 4. The van der Waals surface area contributed by atoms with Crippen LogP contribution in [0.15, 0.2) is 24.3 Å². The molecule has 0 atom stereocenters. The highest BCUT2D eigenvalue weighted by molar-refractivity contribution is 7.93. The second kappa shape index (κ2) is 5.05. The quantitative estimate of drug-likeness (QED) is 0.788. The van der Waals surface area contributed by atoms with Gasteiger partial charge in [-0.2, -0.15) is 0 Å². The molecule has 1 aromatic carbocycles. The molecule has 0 unspecified atom stereocenters. The van der Waals surface area contributed by atoms with Gasteiger partial charge in [-0.15, -0.1) is 0 Å². The molecule has 1 rings (SSSR count). The minimum absolute atomic E-state index is 0.0347. The van der Waals surface area contributed by atoms with Crippen LogP contribution < -0.4 is 4.31 Å². The first kappa shape index (κ1) is 13.3. The SMILES string of the molecule is COC(=O)CS(=O)(=O)N(C)c1ccc(O)cc1. The van der Waals surface area contributed by atoms with Crippen molar-refractivity contribution in [3.05, 3.63) is 24.3 Å². The number of carbonyl (C=O) groups is 1. The van der Waals surface area contributed by atoms with Crippen LogP contribution in [0.1, 0.15) is 0 Å². The van der Waals surface area contributed by atoms with E-state index in [1.54, 1.807) is 0 Å². The van der Waals surface area contributed by atoms with Crippen LogP contribution in [-0.2, 0) is 19.6 Å². The van der Waals surface area contributed by atoms with Crippen LogP contribution in [0.3, 0.4) is 0 Å². The van der Waals surface area contributed by atoms with E-state index in [1.807, 2.05) is 0 Å². The van der Waals surface area contributed by atoms with Gasteiger partial charge in [-0.1, -0.05) is 0 Å². The van der Waals surface area contributed by atoms with Gasteiger partial charge in [0.25, 0.3) is 0 Å². The molecule has 0 heterocycles. The third-order valence-electron chi connectivity index (χ3n) is 2.16. The van der Waals surface area contributed by atoms with E-state index in [2.05, 4.69) is 4.74 Å². The number of aromatic hydroxyl groups is 1. The number of ether oxygens (including phenoxy) is 1. The molecule has 0 aromatic heterocycles. The molecule has 1 aromatic rings. The maximum absolute atomic E-state index is 11.7. The first-order chi connectivity index (χ1) is 7.86. The zero-order chi connectivity index (χ0) is 13.1. The molecule has 0 saturated carbocycles. The van der Waals surface area contributed by atoms with Crippen molar-refractivity contribution in [1.29, 1.82) is 0 Å². The van der Waals surface area contributed by atoms with Crippen molar-refractivity contribution in [2.45, 2.75) is 0 Å². The van der Waals surface area contributed by atoms with Gasteiger partial charge in [-0.25, -0.2) is 8.42 Å². The van der Waals surface area contributed by atoms with Crippen LogP contribution >= 0.6 is 0 Å². The van der Waals surface area contributed by atoms with Gasteiger partial charge in [0.15, 0.2) is 5.75 Å². The smallest absolute Gasteiger partial charge is 0.322 e. The molecule has 7 heteroatoms. The summed E-state index contributed by atoms with van der Waals surface area (Å²) in [5.74, 6) is -1.51. The molecular weight excluding hydrogens is 246 g/mol. The molecule has 0 aliphatic carbocycles. The Kier molecular flexibility index (Phi) is 3.95. The summed E-state index contributed by atoms with van der Waals surface area (Å²) in [6.45, 7) is 0. The predicted octanol–water partition coefficient (Wildman–Crippen LogP) is 0.331. The van der Waals surface area contributed by atoms with E-state index in [9.17, 15) is 13.2 Å². The highest BCUT2D eigenvalue weighted by Gasteiger charge is 2.22. The standard InChI is InChI=1S/C10H13NO5S/c1-11(8-3-5-9(12)6-4-8)17(14,15)7-10(13)16-2/h3-6,12H,7H2,1-2H3. The number of methoxy groups -OCH3 is 1. The number of sulfonamides is 1.